The summed E-state index contributed by atoms with van der Waals surface area (Å²) in [5, 5.41) is 3.46. The first-order chi connectivity index (χ1) is 8.99. The Morgan fingerprint density at radius 3 is 2.63 bits per heavy atom. The van der Waals surface area contributed by atoms with Gasteiger partial charge in [0.1, 0.15) is 9.84 Å². The Morgan fingerprint density at radius 2 is 2.05 bits per heavy atom. The number of hydrogen-bond donors (Lipinski definition) is 1. The standard InChI is InChI=1S/C14H29NO2S2/c1-4-9-18-11-14(15-5-2)12-7-6-8-13(10-12)19(3,16)17/h12-15H,4-11H2,1-3H3. The number of rotatable bonds is 8. The van der Waals surface area contributed by atoms with Crippen LogP contribution < -0.4 is 5.32 Å². The van der Waals surface area contributed by atoms with Crippen molar-refractivity contribution in [2.75, 3.05) is 24.3 Å². The van der Waals surface area contributed by atoms with Crippen LogP contribution in [0.2, 0.25) is 0 Å². The van der Waals surface area contributed by atoms with Crippen LogP contribution in [0.5, 0.6) is 0 Å². The Bertz CT molecular complexity index is 343. The Labute approximate surface area is 123 Å². The van der Waals surface area contributed by atoms with Crippen LogP contribution in [0.4, 0.5) is 0 Å². The van der Waals surface area contributed by atoms with Crippen LogP contribution in [0.15, 0.2) is 0 Å². The summed E-state index contributed by atoms with van der Waals surface area (Å²) in [5.41, 5.74) is 0. The first kappa shape index (κ1) is 17.3. The van der Waals surface area contributed by atoms with E-state index in [9.17, 15) is 8.42 Å². The van der Waals surface area contributed by atoms with Gasteiger partial charge in [0.15, 0.2) is 0 Å². The molecule has 1 saturated carbocycles. The van der Waals surface area contributed by atoms with Crippen molar-refractivity contribution in [2.24, 2.45) is 5.92 Å². The molecule has 0 saturated heterocycles. The molecule has 0 amide bonds. The van der Waals surface area contributed by atoms with Crippen molar-refractivity contribution < 1.29 is 8.42 Å². The normalized spacial score (nSPS) is 26.3. The zero-order valence-corrected chi connectivity index (χ0v) is 14.2. The van der Waals surface area contributed by atoms with Gasteiger partial charge in [-0.1, -0.05) is 20.3 Å². The number of nitrogens with one attached hydrogen (secondary N) is 1. The molecule has 0 radical (unpaired) electrons. The van der Waals surface area contributed by atoms with Crippen LogP contribution in [0.1, 0.15) is 46.0 Å². The topological polar surface area (TPSA) is 46.2 Å². The van der Waals surface area contributed by atoms with Crippen LogP contribution in [0.25, 0.3) is 0 Å². The SMILES string of the molecule is CCCSCC(NCC)C1CCCC(S(C)(=O)=O)C1. The zero-order chi connectivity index (χ0) is 14.3. The maximum absolute atomic E-state index is 11.7. The van der Waals surface area contributed by atoms with E-state index in [2.05, 4.69) is 19.2 Å². The predicted molar refractivity (Wildman–Crippen MR) is 85.7 cm³/mol. The molecule has 0 heterocycles. The number of thioether (sulfide) groups is 1. The largest absolute Gasteiger partial charge is 0.313 e. The fourth-order valence-electron chi connectivity index (χ4n) is 2.91. The van der Waals surface area contributed by atoms with E-state index in [1.54, 1.807) is 0 Å². The molecule has 1 N–H and O–H groups in total. The predicted octanol–water partition coefficient (Wildman–Crippen LogP) is 2.71. The van der Waals surface area contributed by atoms with Crippen molar-refractivity contribution in [3.05, 3.63) is 0 Å². The van der Waals surface area contributed by atoms with Crippen molar-refractivity contribution in [1.82, 2.24) is 5.32 Å². The van der Waals surface area contributed by atoms with E-state index < -0.39 is 9.84 Å². The molecule has 114 valence electrons. The smallest absolute Gasteiger partial charge is 0.150 e. The molecule has 1 rings (SSSR count). The Morgan fingerprint density at radius 1 is 1.32 bits per heavy atom. The van der Waals surface area contributed by atoms with Crippen molar-refractivity contribution >= 4 is 21.6 Å². The molecule has 1 fully saturated rings. The van der Waals surface area contributed by atoms with Crippen molar-refractivity contribution in [2.45, 2.75) is 57.2 Å². The van der Waals surface area contributed by atoms with Crippen molar-refractivity contribution in [1.29, 1.82) is 0 Å². The third-order valence-electron chi connectivity index (χ3n) is 3.95. The molecular formula is C14H29NO2S2. The van der Waals surface area contributed by atoms with Crippen LogP contribution in [-0.2, 0) is 9.84 Å². The summed E-state index contributed by atoms with van der Waals surface area (Å²) in [4.78, 5) is 0. The second-order valence-corrected chi connectivity index (χ2v) is 9.09. The van der Waals surface area contributed by atoms with E-state index in [1.165, 1.54) is 24.9 Å². The van der Waals surface area contributed by atoms with E-state index in [0.717, 1.165) is 31.6 Å². The summed E-state index contributed by atoms with van der Waals surface area (Å²) in [7, 11) is -2.87. The molecule has 0 bridgehead atoms. The molecule has 0 aliphatic heterocycles. The third kappa shape index (κ3) is 6.05. The highest BCUT2D eigenvalue weighted by Gasteiger charge is 2.32. The average Bonchev–Trinajstić information content (AvgIpc) is 2.37. The molecule has 0 aromatic heterocycles. The van der Waals surface area contributed by atoms with Gasteiger partial charge in [0, 0.05) is 18.1 Å². The molecule has 1 aliphatic carbocycles. The molecule has 0 aromatic rings. The Balaban J connectivity index is 2.57. The van der Waals surface area contributed by atoms with Gasteiger partial charge in [-0.15, -0.1) is 0 Å². The highest BCUT2D eigenvalue weighted by Crippen LogP contribution is 2.31. The monoisotopic (exact) mass is 307 g/mol. The molecule has 1 aliphatic rings. The summed E-state index contributed by atoms with van der Waals surface area (Å²) >= 11 is 1.99. The highest BCUT2D eigenvalue weighted by molar-refractivity contribution is 7.99. The van der Waals surface area contributed by atoms with Gasteiger partial charge >= 0.3 is 0 Å². The molecule has 3 unspecified atom stereocenters. The second-order valence-electron chi connectivity index (χ2n) is 5.62. The molecule has 0 aromatic carbocycles. The summed E-state index contributed by atoms with van der Waals surface area (Å²) in [6.45, 7) is 5.31. The van der Waals surface area contributed by atoms with Crippen molar-refractivity contribution in [3.8, 4) is 0 Å². The summed E-state index contributed by atoms with van der Waals surface area (Å²) < 4.78 is 23.5. The number of sulfone groups is 1. The van der Waals surface area contributed by atoms with E-state index in [0.29, 0.717) is 12.0 Å². The lowest BCUT2D eigenvalue weighted by Gasteiger charge is -2.34. The molecule has 19 heavy (non-hydrogen) atoms. The molecular weight excluding hydrogens is 278 g/mol. The lowest BCUT2D eigenvalue weighted by atomic mass is 9.84. The van der Waals surface area contributed by atoms with Crippen LogP contribution in [0, 0.1) is 5.92 Å². The lowest BCUT2D eigenvalue weighted by molar-refractivity contribution is 0.289. The summed E-state index contributed by atoms with van der Waals surface area (Å²) in [5.74, 6) is 2.84. The van der Waals surface area contributed by atoms with E-state index >= 15 is 0 Å². The van der Waals surface area contributed by atoms with Crippen molar-refractivity contribution in [3.63, 3.8) is 0 Å². The quantitative estimate of drug-likeness (QED) is 0.700. The minimum Gasteiger partial charge on any atom is -0.313 e. The number of hydrogen-bond acceptors (Lipinski definition) is 4. The first-order valence-corrected chi connectivity index (χ1v) is 10.6. The minimum atomic E-state index is -2.87. The molecule has 0 spiro atoms. The van der Waals surface area contributed by atoms with Gasteiger partial charge in [0.2, 0.25) is 0 Å². The van der Waals surface area contributed by atoms with E-state index in [4.69, 9.17) is 0 Å². The summed E-state index contributed by atoms with van der Waals surface area (Å²) in [6, 6.07) is 0.478. The Kier molecular flexibility index (Phi) is 7.77. The van der Waals surface area contributed by atoms with Gasteiger partial charge in [0.05, 0.1) is 5.25 Å². The minimum absolute atomic E-state index is 0.108. The summed E-state index contributed by atoms with van der Waals surface area (Å²) in [6.07, 6.45) is 6.55. The van der Waals surface area contributed by atoms with Gasteiger partial charge in [-0.2, -0.15) is 11.8 Å². The van der Waals surface area contributed by atoms with Gasteiger partial charge in [-0.3, -0.25) is 0 Å². The fraction of sp³-hybridized carbons (Fsp3) is 1.00. The third-order valence-corrected chi connectivity index (χ3v) is 6.88. The van der Waals surface area contributed by atoms with E-state index in [1.807, 2.05) is 11.8 Å². The van der Waals surface area contributed by atoms with Crippen LogP contribution in [-0.4, -0.2) is 44.0 Å². The lowest BCUT2D eigenvalue weighted by Crippen LogP contribution is -2.42. The van der Waals surface area contributed by atoms with Gasteiger partial charge in [0.25, 0.3) is 0 Å². The average molecular weight is 308 g/mol. The maximum Gasteiger partial charge on any atom is 0.150 e. The van der Waals surface area contributed by atoms with Gasteiger partial charge in [-0.05, 0) is 43.9 Å². The maximum atomic E-state index is 11.7. The second kappa shape index (κ2) is 8.53. The fourth-order valence-corrected chi connectivity index (χ4v) is 5.20. The van der Waals surface area contributed by atoms with Crippen LogP contribution in [0.3, 0.4) is 0 Å². The molecule has 3 nitrogen and oxygen atoms in total. The highest BCUT2D eigenvalue weighted by atomic mass is 32.2. The van der Waals surface area contributed by atoms with Crippen LogP contribution >= 0.6 is 11.8 Å². The zero-order valence-electron chi connectivity index (χ0n) is 12.5. The van der Waals surface area contributed by atoms with E-state index in [-0.39, 0.29) is 5.25 Å². The molecule has 3 atom stereocenters. The Hall–Kier alpha value is 0.260. The van der Waals surface area contributed by atoms with Gasteiger partial charge in [-0.25, -0.2) is 8.42 Å². The first-order valence-electron chi connectivity index (χ1n) is 7.49. The molecule has 5 heteroatoms. The van der Waals surface area contributed by atoms with Gasteiger partial charge < -0.3 is 5.32 Å².